The molecule has 2 aromatic rings. The van der Waals surface area contributed by atoms with E-state index in [1.807, 2.05) is 0 Å². The predicted molar refractivity (Wildman–Crippen MR) is 93.9 cm³/mol. The fourth-order valence-corrected chi connectivity index (χ4v) is 3.63. The molecule has 0 unspecified atom stereocenters. The lowest BCUT2D eigenvalue weighted by atomic mass is 9.98. The number of amides is 1. The van der Waals surface area contributed by atoms with E-state index in [1.165, 1.54) is 30.7 Å². The minimum Gasteiger partial charge on any atom is -0.474 e. The number of hydrogen-bond acceptors (Lipinski definition) is 5. The number of aromatic nitrogens is 1. The standard InChI is InChI=1S/C18H20F2N2O3S/c19-18(20)25-14-7-9-26-16(14)17(23)22-11-12-6-8-21-15(10-12)24-13-4-2-1-3-5-13/h6-10,13,18H,1-5,11H2,(H,22,23). The molecule has 8 heteroatoms. The van der Waals surface area contributed by atoms with E-state index >= 15 is 0 Å². The average molecular weight is 382 g/mol. The summed E-state index contributed by atoms with van der Waals surface area (Å²) in [6.45, 7) is -2.72. The van der Waals surface area contributed by atoms with Crippen molar-refractivity contribution in [1.82, 2.24) is 10.3 Å². The molecule has 1 N–H and O–H groups in total. The maximum Gasteiger partial charge on any atom is 0.387 e. The molecule has 0 saturated heterocycles. The van der Waals surface area contributed by atoms with Gasteiger partial charge in [0.25, 0.3) is 5.91 Å². The first-order chi connectivity index (χ1) is 12.6. The van der Waals surface area contributed by atoms with E-state index < -0.39 is 12.5 Å². The number of rotatable bonds is 7. The van der Waals surface area contributed by atoms with E-state index in [2.05, 4.69) is 15.0 Å². The molecular formula is C18H20F2N2O3S. The molecule has 2 aromatic heterocycles. The highest BCUT2D eigenvalue weighted by Gasteiger charge is 2.18. The van der Waals surface area contributed by atoms with Crippen molar-refractivity contribution in [2.24, 2.45) is 0 Å². The number of pyridine rings is 1. The summed E-state index contributed by atoms with van der Waals surface area (Å²) >= 11 is 1.05. The SMILES string of the molecule is O=C(NCc1ccnc(OC2CCCCC2)c1)c1sccc1OC(F)F. The summed E-state index contributed by atoms with van der Waals surface area (Å²) in [5, 5.41) is 4.25. The van der Waals surface area contributed by atoms with E-state index in [0.29, 0.717) is 5.88 Å². The molecular weight excluding hydrogens is 362 g/mol. The van der Waals surface area contributed by atoms with Crippen molar-refractivity contribution in [3.63, 3.8) is 0 Å². The van der Waals surface area contributed by atoms with Gasteiger partial charge in [0.15, 0.2) is 0 Å². The second-order valence-corrected chi connectivity index (χ2v) is 6.97. The first-order valence-corrected chi connectivity index (χ1v) is 9.42. The second-order valence-electron chi connectivity index (χ2n) is 6.06. The lowest BCUT2D eigenvalue weighted by Gasteiger charge is -2.22. The number of thiophene rings is 1. The smallest absolute Gasteiger partial charge is 0.387 e. The number of carbonyl (C=O) groups excluding carboxylic acids is 1. The molecule has 140 valence electrons. The maximum atomic E-state index is 12.4. The largest absolute Gasteiger partial charge is 0.474 e. The molecule has 1 aliphatic rings. The highest BCUT2D eigenvalue weighted by Crippen LogP contribution is 2.26. The van der Waals surface area contributed by atoms with Crippen molar-refractivity contribution in [2.75, 3.05) is 0 Å². The van der Waals surface area contributed by atoms with Gasteiger partial charge in [-0.25, -0.2) is 4.98 Å². The first-order valence-electron chi connectivity index (χ1n) is 8.54. The topological polar surface area (TPSA) is 60.5 Å². The van der Waals surface area contributed by atoms with Gasteiger partial charge in [-0.05, 0) is 48.8 Å². The van der Waals surface area contributed by atoms with Crippen LogP contribution in [0.5, 0.6) is 11.6 Å². The van der Waals surface area contributed by atoms with Crippen molar-refractivity contribution in [1.29, 1.82) is 0 Å². The summed E-state index contributed by atoms with van der Waals surface area (Å²) < 4.78 is 35.0. The molecule has 1 aliphatic carbocycles. The molecule has 1 fully saturated rings. The molecule has 0 spiro atoms. The Hall–Kier alpha value is -2.22. The summed E-state index contributed by atoms with van der Waals surface area (Å²) in [6, 6.07) is 4.92. The molecule has 1 amide bonds. The highest BCUT2D eigenvalue weighted by molar-refractivity contribution is 7.12. The van der Waals surface area contributed by atoms with Crippen molar-refractivity contribution >= 4 is 17.2 Å². The number of nitrogens with zero attached hydrogens (tertiary/aromatic N) is 1. The van der Waals surface area contributed by atoms with Gasteiger partial charge in [0.2, 0.25) is 5.88 Å². The van der Waals surface area contributed by atoms with Gasteiger partial charge in [-0.1, -0.05) is 6.42 Å². The monoisotopic (exact) mass is 382 g/mol. The van der Waals surface area contributed by atoms with Crippen LogP contribution in [0.1, 0.15) is 47.3 Å². The third-order valence-electron chi connectivity index (χ3n) is 4.14. The van der Waals surface area contributed by atoms with Crippen LogP contribution in [0.25, 0.3) is 0 Å². The van der Waals surface area contributed by atoms with Gasteiger partial charge >= 0.3 is 6.61 Å². The third-order valence-corrected chi connectivity index (χ3v) is 5.04. The minimum atomic E-state index is -2.96. The van der Waals surface area contributed by atoms with Crippen LogP contribution < -0.4 is 14.8 Å². The van der Waals surface area contributed by atoms with Gasteiger partial charge in [0.1, 0.15) is 16.7 Å². The van der Waals surface area contributed by atoms with Crippen molar-refractivity contribution < 1.29 is 23.0 Å². The van der Waals surface area contributed by atoms with Gasteiger partial charge < -0.3 is 14.8 Å². The summed E-state index contributed by atoms with van der Waals surface area (Å²) in [6.07, 6.45) is 7.49. The Morgan fingerprint density at radius 2 is 2.12 bits per heavy atom. The average Bonchev–Trinajstić information content (AvgIpc) is 3.08. The van der Waals surface area contributed by atoms with Crippen LogP contribution in [0.3, 0.4) is 0 Å². The van der Waals surface area contributed by atoms with Gasteiger partial charge in [-0.3, -0.25) is 4.79 Å². The quantitative estimate of drug-likeness (QED) is 0.772. The van der Waals surface area contributed by atoms with Crippen LogP contribution in [-0.2, 0) is 6.54 Å². The third kappa shape index (κ3) is 5.14. The van der Waals surface area contributed by atoms with Crippen LogP contribution >= 0.6 is 11.3 Å². The lowest BCUT2D eigenvalue weighted by molar-refractivity contribution is -0.0498. The van der Waals surface area contributed by atoms with E-state index in [1.54, 1.807) is 18.3 Å². The van der Waals surface area contributed by atoms with Crippen LogP contribution in [0.4, 0.5) is 8.78 Å². The van der Waals surface area contributed by atoms with Crippen LogP contribution in [-0.4, -0.2) is 23.6 Å². The van der Waals surface area contributed by atoms with Gasteiger partial charge in [-0.15, -0.1) is 11.3 Å². The highest BCUT2D eigenvalue weighted by atomic mass is 32.1. The number of hydrogen-bond donors (Lipinski definition) is 1. The molecule has 0 atom stereocenters. The zero-order valence-corrected chi connectivity index (χ0v) is 14.9. The van der Waals surface area contributed by atoms with Crippen LogP contribution in [0.15, 0.2) is 29.8 Å². The molecule has 2 heterocycles. The molecule has 3 rings (SSSR count). The number of alkyl halides is 2. The fourth-order valence-electron chi connectivity index (χ4n) is 2.89. The molecule has 5 nitrogen and oxygen atoms in total. The first kappa shape index (κ1) is 18.6. The Labute approximate surface area is 154 Å². The van der Waals surface area contributed by atoms with Crippen LogP contribution in [0, 0.1) is 0 Å². The van der Waals surface area contributed by atoms with Crippen LogP contribution in [0.2, 0.25) is 0 Å². The second kappa shape index (κ2) is 8.93. The molecule has 0 aliphatic heterocycles. The fraction of sp³-hybridized carbons (Fsp3) is 0.444. The Bertz CT molecular complexity index is 733. The van der Waals surface area contributed by atoms with E-state index in [0.717, 1.165) is 29.7 Å². The van der Waals surface area contributed by atoms with Crippen molar-refractivity contribution in [3.05, 3.63) is 40.2 Å². The summed E-state index contributed by atoms with van der Waals surface area (Å²) in [5.74, 6) is -0.0257. The summed E-state index contributed by atoms with van der Waals surface area (Å²) in [5.41, 5.74) is 0.826. The molecule has 0 aromatic carbocycles. The maximum absolute atomic E-state index is 12.4. The summed E-state index contributed by atoms with van der Waals surface area (Å²) in [7, 11) is 0. The molecule has 26 heavy (non-hydrogen) atoms. The number of halogens is 2. The van der Waals surface area contributed by atoms with E-state index in [4.69, 9.17) is 4.74 Å². The van der Waals surface area contributed by atoms with E-state index in [9.17, 15) is 13.6 Å². The van der Waals surface area contributed by atoms with Gasteiger partial charge in [0, 0.05) is 18.8 Å². The normalized spacial score (nSPS) is 15.0. The zero-order chi connectivity index (χ0) is 18.4. The lowest BCUT2D eigenvalue weighted by Crippen LogP contribution is -2.23. The van der Waals surface area contributed by atoms with Gasteiger partial charge in [-0.2, -0.15) is 8.78 Å². The summed E-state index contributed by atoms with van der Waals surface area (Å²) in [4.78, 5) is 16.6. The Balaban J connectivity index is 1.56. The Morgan fingerprint density at radius 1 is 1.31 bits per heavy atom. The molecule has 0 radical (unpaired) electrons. The Morgan fingerprint density at radius 3 is 2.88 bits per heavy atom. The van der Waals surface area contributed by atoms with Gasteiger partial charge in [0.05, 0.1) is 0 Å². The number of carbonyl (C=O) groups is 1. The number of nitrogens with one attached hydrogen (secondary N) is 1. The Kier molecular flexibility index (Phi) is 6.38. The predicted octanol–water partition coefficient (Wildman–Crippen LogP) is 4.39. The molecule has 1 saturated carbocycles. The minimum absolute atomic E-state index is 0.112. The molecule has 0 bridgehead atoms. The zero-order valence-electron chi connectivity index (χ0n) is 14.1. The van der Waals surface area contributed by atoms with Crippen molar-refractivity contribution in [2.45, 2.75) is 51.4 Å². The van der Waals surface area contributed by atoms with E-state index in [-0.39, 0.29) is 23.3 Å². The van der Waals surface area contributed by atoms with Crippen molar-refractivity contribution in [3.8, 4) is 11.6 Å². The number of ether oxygens (including phenoxy) is 2.